The molecular formula is C13H19N3O4. The zero-order chi connectivity index (χ0) is 14.5. The number of hydrogen-bond donors (Lipinski definition) is 0. The van der Waals surface area contributed by atoms with Crippen LogP contribution in [0.4, 0.5) is 5.82 Å². The summed E-state index contributed by atoms with van der Waals surface area (Å²) in [6, 6.07) is 0. The molecule has 0 bridgehead atoms. The molecule has 1 atom stereocenters. The smallest absolute Gasteiger partial charge is 0.308 e. The van der Waals surface area contributed by atoms with Gasteiger partial charge in [-0.25, -0.2) is 4.98 Å². The van der Waals surface area contributed by atoms with Crippen molar-refractivity contribution in [2.75, 3.05) is 31.7 Å². The van der Waals surface area contributed by atoms with Crippen molar-refractivity contribution in [1.82, 2.24) is 9.55 Å². The number of rotatable bonds is 4. The number of methoxy groups -OCH3 is 1. The van der Waals surface area contributed by atoms with Crippen molar-refractivity contribution in [2.24, 2.45) is 0 Å². The fourth-order valence-electron chi connectivity index (χ4n) is 2.21. The third-order valence-electron chi connectivity index (χ3n) is 3.30. The second-order valence-electron chi connectivity index (χ2n) is 4.56. The highest BCUT2D eigenvalue weighted by molar-refractivity contribution is 5.69. The van der Waals surface area contributed by atoms with E-state index in [0.29, 0.717) is 32.1 Å². The summed E-state index contributed by atoms with van der Waals surface area (Å²) in [4.78, 5) is 29.5. The van der Waals surface area contributed by atoms with Crippen molar-refractivity contribution in [3.8, 4) is 0 Å². The van der Waals surface area contributed by atoms with Crippen LogP contribution in [0.15, 0.2) is 17.2 Å². The number of ether oxygens (including phenoxy) is 2. The fourth-order valence-corrected chi connectivity index (χ4v) is 2.21. The van der Waals surface area contributed by atoms with Gasteiger partial charge in [0.25, 0.3) is 5.56 Å². The lowest BCUT2D eigenvalue weighted by molar-refractivity contribution is -0.144. The van der Waals surface area contributed by atoms with E-state index in [1.807, 2.05) is 11.8 Å². The Morgan fingerprint density at radius 2 is 2.40 bits per heavy atom. The van der Waals surface area contributed by atoms with Crippen LogP contribution in [0.1, 0.15) is 13.3 Å². The molecular weight excluding hydrogens is 262 g/mol. The van der Waals surface area contributed by atoms with Gasteiger partial charge in [0.2, 0.25) is 0 Å². The Hall–Kier alpha value is -1.89. The predicted octanol–water partition coefficient (Wildman–Crippen LogP) is 0.0315. The normalized spacial score (nSPS) is 18.9. The summed E-state index contributed by atoms with van der Waals surface area (Å²) in [6.07, 6.45) is 3.19. The third-order valence-corrected chi connectivity index (χ3v) is 3.30. The standard InChI is InChI=1S/C13H19N3O4/c1-3-15-5-4-14-12(13(15)18)16-6-7-20-10(9-16)8-11(17)19-2/h4-5,10H,3,6-9H2,1-2H3. The number of esters is 1. The molecule has 1 aromatic rings. The first kappa shape index (κ1) is 14.5. The fraction of sp³-hybridized carbons (Fsp3) is 0.615. The van der Waals surface area contributed by atoms with Crippen LogP contribution in [0, 0.1) is 0 Å². The van der Waals surface area contributed by atoms with Crippen LogP contribution in [0.5, 0.6) is 0 Å². The molecule has 1 aliphatic heterocycles. The highest BCUT2D eigenvalue weighted by atomic mass is 16.5. The topological polar surface area (TPSA) is 73.7 Å². The molecule has 1 aromatic heterocycles. The van der Waals surface area contributed by atoms with Crippen molar-refractivity contribution in [2.45, 2.75) is 26.0 Å². The summed E-state index contributed by atoms with van der Waals surface area (Å²) in [5.41, 5.74) is -0.117. The maximum atomic E-state index is 12.2. The monoisotopic (exact) mass is 281 g/mol. The highest BCUT2D eigenvalue weighted by Gasteiger charge is 2.25. The van der Waals surface area contributed by atoms with Gasteiger partial charge in [-0.2, -0.15) is 0 Å². The number of carbonyl (C=O) groups excluding carboxylic acids is 1. The van der Waals surface area contributed by atoms with E-state index in [2.05, 4.69) is 9.72 Å². The molecule has 0 spiro atoms. The van der Waals surface area contributed by atoms with E-state index < -0.39 is 0 Å². The average Bonchev–Trinajstić information content (AvgIpc) is 2.47. The van der Waals surface area contributed by atoms with Gasteiger partial charge in [0.15, 0.2) is 5.82 Å². The zero-order valence-corrected chi connectivity index (χ0v) is 11.7. The maximum Gasteiger partial charge on any atom is 0.308 e. The van der Waals surface area contributed by atoms with Gasteiger partial charge in [-0.1, -0.05) is 0 Å². The summed E-state index contributed by atoms with van der Waals surface area (Å²) in [5, 5.41) is 0. The molecule has 0 aromatic carbocycles. The molecule has 1 fully saturated rings. The Morgan fingerprint density at radius 3 is 3.10 bits per heavy atom. The van der Waals surface area contributed by atoms with Crippen LogP contribution in [-0.2, 0) is 20.8 Å². The van der Waals surface area contributed by atoms with Crippen LogP contribution in [0.25, 0.3) is 0 Å². The number of carbonyl (C=O) groups is 1. The minimum atomic E-state index is -0.316. The molecule has 7 nitrogen and oxygen atoms in total. The molecule has 0 saturated carbocycles. The van der Waals surface area contributed by atoms with E-state index in [4.69, 9.17) is 4.74 Å². The second kappa shape index (κ2) is 6.51. The first-order chi connectivity index (χ1) is 9.65. The number of morpholine rings is 1. The third kappa shape index (κ3) is 3.16. The van der Waals surface area contributed by atoms with Gasteiger partial charge >= 0.3 is 5.97 Å². The van der Waals surface area contributed by atoms with Crippen molar-refractivity contribution in [3.05, 3.63) is 22.7 Å². The summed E-state index contributed by atoms with van der Waals surface area (Å²) in [6.45, 7) is 4.03. The summed E-state index contributed by atoms with van der Waals surface area (Å²) >= 11 is 0. The van der Waals surface area contributed by atoms with Gasteiger partial charge in [0.05, 0.1) is 26.2 Å². The van der Waals surface area contributed by atoms with Gasteiger partial charge in [0, 0.05) is 32.0 Å². The van der Waals surface area contributed by atoms with E-state index in [9.17, 15) is 9.59 Å². The highest BCUT2D eigenvalue weighted by Crippen LogP contribution is 2.13. The van der Waals surface area contributed by atoms with E-state index >= 15 is 0 Å². The van der Waals surface area contributed by atoms with E-state index in [1.54, 1.807) is 17.0 Å². The molecule has 2 heterocycles. The summed E-state index contributed by atoms with van der Waals surface area (Å²) in [5.74, 6) is 0.0938. The largest absolute Gasteiger partial charge is 0.469 e. The average molecular weight is 281 g/mol. The lowest BCUT2D eigenvalue weighted by Crippen LogP contribution is -2.46. The Bertz CT molecular complexity index is 529. The van der Waals surface area contributed by atoms with Gasteiger partial charge < -0.3 is 18.9 Å². The van der Waals surface area contributed by atoms with Gasteiger partial charge in [0.1, 0.15) is 0 Å². The van der Waals surface area contributed by atoms with E-state index in [-0.39, 0.29) is 24.1 Å². The SMILES string of the molecule is CCn1ccnc(N2CCOC(CC(=O)OC)C2)c1=O. The Labute approximate surface area is 117 Å². The molecule has 1 unspecified atom stereocenters. The quantitative estimate of drug-likeness (QED) is 0.725. The van der Waals surface area contributed by atoms with Crippen LogP contribution in [-0.4, -0.2) is 48.4 Å². The lowest BCUT2D eigenvalue weighted by atomic mass is 10.2. The second-order valence-corrected chi connectivity index (χ2v) is 4.56. The summed E-state index contributed by atoms with van der Waals surface area (Å²) in [7, 11) is 1.35. The molecule has 0 amide bonds. The van der Waals surface area contributed by atoms with Crippen LogP contribution in [0.3, 0.4) is 0 Å². The van der Waals surface area contributed by atoms with E-state index in [1.165, 1.54) is 7.11 Å². The molecule has 20 heavy (non-hydrogen) atoms. The van der Waals surface area contributed by atoms with Gasteiger partial charge in [-0.3, -0.25) is 9.59 Å². The molecule has 0 aliphatic carbocycles. The Kier molecular flexibility index (Phi) is 4.73. The Morgan fingerprint density at radius 1 is 1.60 bits per heavy atom. The minimum absolute atomic E-state index is 0.117. The minimum Gasteiger partial charge on any atom is -0.469 e. The van der Waals surface area contributed by atoms with Crippen molar-refractivity contribution in [1.29, 1.82) is 0 Å². The number of nitrogens with zero attached hydrogens (tertiary/aromatic N) is 3. The van der Waals surface area contributed by atoms with Crippen LogP contribution < -0.4 is 10.5 Å². The number of aromatic nitrogens is 2. The Balaban J connectivity index is 2.13. The zero-order valence-electron chi connectivity index (χ0n) is 11.7. The van der Waals surface area contributed by atoms with Crippen LogP contribution >= 0.6 is 0 Å². The van der Waals surface area contributed by atoms with Crippen molar-refractivity contribution in [3.63, 3.8) is 0 Å². The maximum absolute atomic E-state index is 12.2. The lowest BCUT2D eigenvalue weighted by Gasteiger charge is -2.32. The first-order valence-corrected chi connectivity index (χ1v) is 6.64. The van der Waals surface area contributed by atoms with Crippen LogP contribution in [0.2, 0.25) is 0 Å². The van der Waals surface area contributed by atoms with Crippen molar-refractivity contribution < 1.29 is 14.3 Å². The van der Waals surface area contributed by atoms with Gasteiger partial charge in [-0.15, -0.1) is 0 Å². The number of aryl methyl sites for hydroxylation is 1. The molecule has 1 aliphatic rings. The first-order valence-electron chi connectivity index (χ1n) is 6.64. The molecule has 0 N–H and O–H groups in total. The molecule has 110 valence electrons. The molecule has 2 rings (SSSR count). The van der Waals surface area contributed by atoms with Crippen molar-refractivity contribution >= 4 is 11.8 Å². The van der Waals surface area contributed by atoms with E-state index in [0.717, 1.165) is 0 Å². The van der Waals surface area contributed by atoms with Gasteiger partial charge in [-0.05, 0) is 6.92 Å². The molecule has 7 heteroatoms. The predicted molar refractivity (Wildman–Crippen MR) is 72.8 cm³/mol. The number of hydrogen-bond acceptors (Lipinski definition) is 6. The summed E-state index contributed by atoms with van der Waals surface area (Å²) < 4.78 is 11.8. The molecule has 0 radical (unpaired) electrons. The number of anilines is 1. The molecule has 1 saturated heterocycles.